The summed E-state index contributed by atoms with van der Waals surface area (Å²) in [5.41, 5.74) is 1.02. The third-order valence-electron chi connectivity index (χ3n) is 3.73. The van der Waals surface area contributed by atoms with Crippen molar-refractivity contribution in [1.29, 1.82) is 0 Å². The Morgan fingerprint density at radius 3 is 2.58 bits per heavy atom. The zero-order valence-electron chi connectivity index (χ0n) is 14.6. The lowest BCUT2D eigenvalue weighted by Crippen LogP contribution is -2.15. The second-order valence-electron chi connectivity index (χ2n) is 5.41. The lowest BCUT2D eigenvalue weighted by Gasteiger charge is -2.09. The first-order valence-corrected chi connectivity index (χ1v) is 10.2. The van der Waals surface area contributed by atoms with Gasteiger partial charge in [-0.3, -0.25) is 4.79 Å². The Kier molecular flexibility index (Phi) is 5.96. The second kappa shape index (κ2) is 8.38. The van der Waals surface area contributed by atoms with Crippen LogP contribution in [0.4, 0.5) is 5.00 Å². The molecule has 0 spiro atoms. The van der Waals surface area contributed by atoms with Gasteiger partial charge in [0.05, 0.1) is 12.2 Å². The van der Waals surface area contributed by atoms with Gasteiger partial charge in [-0.1, -0.05) is 37.3 Å². The number of carbonyl (C=O) groups excluding carboxylic acids is 2. The van der Waals surface area contributed by atoms with E-state index >= 15 is 0 Å². The van der Waals surface area contributed by atoms with E-state index in [2.05, 4.69) is 5.32 Å². The van der Waals surface area contributed by atoms with Gasteiger partial charge in [0.25, 0.3) is 5.91 Å². The van der Waals surface area contributed by atoms with Crippen LogP contribution < -0.4 is 5.32 Å². The molecule has 0 aliphatic rings. The average molecular weight is 386 g/mol. The molecule has 4 nitrogen and oxygen atoms in total. The number of amides is 1. The summed E-state index contributed by atoms with van der Waals surface area (Å²) in [6.07, 6.45) is 0. The second-order valence-corrected chi connectivity index (χ2v) is 7.76. The number of carbonyl (C=O) groups is 2. The van der Waals surface area contributed by atoms with Gasteiger partial charge in [-0.25, -0.2) is 4.79 Å². The molecule has 0 unspecified atom stereocenters. The Hall–Kier alpha value is -2.31. The molecule has 1 aromatic heterocycles. The van der Waals surface area contributed by atoms with Crippen LogP contribution >= 0.6 is 23.1 Å². The van der Waals surface area contributed by atoms with Crippen molar-refractivity contribution >= 4 is 50.1 Å². The van der Waals surface area contributed by atoms with Crippen molar-refractivity contribution in [2.75, 3.05) is 17.7 Å². The largest absolute Gasteiger partial charge is 0.462 e. The Labute approximate surface area is 160 Å². The molecule has 0 atom stereocenters. The van der Waals surface area contributed by atoms with Gasteiger partial charge < -0.3 is 10.1 Å². The van der Waals surface area contributed by atoms with Crippen molar-refractivity contribution < 1.29 is 14.3 Å². The summed E-state index contributed by atoms with van der Waals surface area (Å²) in [7, 11) is 0. The van der Waals surface area contributed by atoms with Crippen LogP contribution in [0.5, 0.6) is 0 Å². The van der Waals surface area contributed by atoms with Crippen LogP contribution in [0.25, 0.3) is 10.1 Å². The molecule has 0 saturated carbocycles. The van der Waals surface area contributed by atoms with Gasteiger partial charge in [-0.05, 0) is 30.9 Å². The number of thiophene rings is 1. The molecule has 26 heavy (non-hydrogen) atoms. The minimum Gasteiger partial charge on any atom is -0.462 e. The zero-order valence-corrected chi connectivity index (χ0v) is 16.2. The van der Waals surface area contributed by atoms with E-state index in [9.17, 15) is 9.59 Å². The maximum atomic E-state index is 12.8. The van der Waals surface area contributed by atoms with E-state index in [-0.39, 0.29) is 12.5 Å². The first-order valence-electron chi connectivity index (χ1n) is 8.37. The molecule has 0 saturated heterocycles. The van der Waals surface area contributed by atoms with Gasteiger partial charge in [-0.15, -0.1) is 23.1 Å². The molecule has 134 valence electrons. The van der Waals surface area contributed by atoms with Crippen molar-refractivity contribution in [3.8, 4) is 0 Å². The van der Waals surface area contributed by atoms with Gasteiger partial charge in [0, 0.05) is 15.0 Å². The van der Waals surface area contributed by atoms with Gasteiger partial charge in [-0.2, -0.15) is 0 Å². The van der Waals surface area contributed by atoms with Crippen LogP contribution in [-0.2, 0) is 4.74 Å². The number of hydrogen-bond donors (Lipinski definition) is 1. The summed E-state index contributed by atoms with van der Waals surface area (Å²) in [5, 5.41) is 4.23. The number of anilines is 1. The van der Waals surface area contributed by atoms with Crippen molar-refractivity contribution in [2.45, 2.75) is 18.7 Å². The number of esters is 1. The number of nitrogens with one attached hydrogen (secondary N) is 1. The topological polar surface area (TPSA) is 55.4 Å². The van der Waals surface area contributed by atoms with Gasteiger partial charge in [0.2, 0.25) is 0 Å². The summed E-state index contributed by atoms with van der Waals surface area (Å²) in [6.45, 7) is 4.10. The van der Waals surface area contributed by atoms with Crippen LogP contribution in [0.3, 0.4) is 0 Å². The van der Waals surface area contributed by atoms with Crippen LogP contribution in [-0.4, -0.2) is 24.2 Å². The predicted octanol–water partition coefficient (Wildman–Crippen LogP) is 5.44. The number of ether oxygens (including phenoxy) is 1. The van der Waals surface area contributed by atoms with Gasteiger partial charge in [0.15, 0.2) is 0 Å². The molecule has 0 aliphatic carbocycles. The van der Waals surface area contributed by atoms with Gasteiger partial charge >= 0.3 is 5.97 Å². The van der Waals surface area contributed by atoms with Crippen LogP contribution in [0.2, 0.25) is 0 Å². The lowest BCUT2D eigenvalue weighted by molar-refractivity contribution is 0.0530. The number of thioether (sulfide) groups is 1. The molecule has 3 aromatic rings. The van der Waals surface area contributed by atoms with Crippen LogP contribution in [0, 0.1) is 0 Å². The third kappa shape index (κ3) is 3.76. The normalized spacial score (nSPS) is 10.7. The Morgan fingerprint density at radius 2 is 1.81 bits per heavy atom. The van der Waals surface area contributed by atoms with Crippen molar-refractivity contribution in [3.05, 3.63) is 59.7 Å². The van der Waals surface area contributed by atoms with Gasteiger partial charge in [0.1, 0.15) is 10.6 Å². The van der Waals surface area contributed by atoms with E-state index < -0.39 is 5.97 Å². The molecule has 3 rings (SSSR count). The Morgan fingerprint density at radius 1 is 1.08 bits per heavy atom. The van der Waals surface area contributed by atoms with E-state index in [1.807, 2.05) is 49.4 Å². The molecule has 2 aromatic carbocycles. The molecule has 1 N–H and O–H groups in total. The van der Waals surface area contributed by atoms with Crippen LogP contribution in [0.15, 0.2) is 53.4 Å². The van der Waals surface area contributed by atoms with E-state index in [0.29, 0.717) is 16.1 Å². The third-order valence-corrected chi connectivity index (χ3v) is 5.78. The standard InChI is InChI=1S/C20H19NO3S2/c1-3-24-20(23)17-13-9-5-8-12-16(13)26-19(17)21-18(22)14-10-6-7-11-15(14)25-4-2/h5-12H,3-4H2,1-2H3,(H,21,22). The quantitative estimate of drug-likeness (QED) is 0.453. The SMILES string of the molecule is CCOC(=O)c1c(NC(=O)c2ccccc2SCC)sc2ccccc12. The minimum atomic E-state index is -0.420. The molecule has 0 bridgehead atoms. The molecular formula is C20H19NO3S2. The molecule has 0 aliphatic heterocycles. The van der Waals surface area contributed by atoms with Crippen LogP contribution in [0.1, 0.15) is 34.6 Å². The smallest absolute Gasteiger partial charge is 0.341 e. The highest BCUT2D eigenvalue weighted by Gasteiger charge is 2.22. The minimum absolute atomic E-state index is 0.223. The lowest BCUT2D eigenvalue weighted by atomic mass is 10.1. The zero-order chi connectivity index (χ0) is 18.5. The summed E-state index contributed by atoms with van der Waals surface area (Å²) >= 11 is 3.00. The monoisotopic (exact) mass is 385 g/mol. The maximum Gasteiger partial charge on any atom is 0.341 e. The van der Waals surface area contributed by atoms with E-state index in [1.165, 1.54) is 11.3 Å². The van der Waals surface area contributed by atoms with Crippen molar-refractivity contribution in [1.82, 2.24) is 0 Å². The molecule has 0 fully saturated rings. The summed E-state index contributed by atoms with van der Waals surface area (Å²) in [6, 6.07) is 15.1. The fourth-order valence-corrected chi connectivity index (χ4v) is 4.53. The molecular weight excluding hydrogens is 366 g/mol. The number of fused-ring (bicyclic) bond motifs is 1. The number of hydrogen-bond acceptors (Lipinski definition) is 5. The molecule has 0 radical (unpaired) electrons. The van der Waals surface area contributed by atoms with E-state index in [0.717, 1.165) is 20.7 Å². The average Bonchev–Trinajstić information content (AvgIpc) is 3.00. The molecule has 6 heteroatoms. The van der Waals surface area contributed by atoms with Crippen molar-refractivity contribution in [3.63, 3.8) is 0 Å². The molecule has 1 heterocycles. The number of benzene rings is 2. The van der Waals surface area contributed by atoms with E-state index in [4.69, 9.17) is 4.74 Å². The highest BCUT2D eigenvalue weighted by molar-refractivity contribution is 7.99. The number of rotatable bonds is 6. The summed E-state index contributed by atoms with van der Waals surface area (Å²) < 4.78 is 6.13. The van der Waals surface area contributed by atoms with E-state index in [1.54, 1.807) is 24.8 Å². The molecule has 1 amide bonds. The summed E-state index contributed by atoms with van der Waals surface area (Å²) in [4.78, 5) is 26.2. The maximum absolute atomic E-state index is 12.8. The fourth-order valence-electron chi connectivity index (χ4n) is 2.65. The van der Waals surface area contributed by atoms with Crippen molar-refractivity contribution in [2.24, 2.45) is 0 Å². The highest BCUT2D eigenvalue weighted by Crippen LogP contribution is 2.36. The first-order chi connectivity index (χ1) is 12.7. The fraction of sp³-hybridized carbons (Fsp3) is 0.200. The Balaban J connectivity index is 1.99. The summed E-state index contributed by atoms with van der Waals surface area (Å²) in [5.74, 6) is 0.233. The highest BCUT2D eigenvalue weighted by atomic mass is 32.2. The Bertz CT molecular complexity index is 949. The predicted molar refractivity (Wildman–Crippen MR) is 109 cm³/mol. The first kappa shape index (κ1) is 18.5.